The van der Waals surface area contributed by atoms with E-state index in [-0.39, 0.29) is 17.9 Å². The molecule has 4 unspecified atom stereocenters. The number of carbonyl (C=O) groups excluding carboxylic acids is 2. The first-order valence-electron chi connectivity index (χ1n) is 6.51. The molecule has 0 aromatic carbocycles. The van der Waals surface area contributed by atoms with Crippen molar-refractivity contribution in [3.63, 3.8) is 0 Å². The summed E-state index contributed by atoms with van der Waals surface area (Å²) in [4.78, 5) is 23.1. The fourth-order valence-corrected chi connectivity index (χ4v) is 3.26. The second-order valence-electron chi connectivity index (χ2n) is 4.87. The van der Waals surface area contributed by atoms with Gasteiger partial charge in [0.15, 0.2) is 0 Å². The molecule has 0 N–H and O–H groups in total. The molecule has 17 heavy (non-hydrogen) atoms. The number of hydrogen-bond acceptors (Lipinski definition) is 4. The van der Waals surface area contributed by atoms with Crippen molar-refractivity contribution < 1.29 is 19.1 Å². The van der Waals surface area contributed by atoms with Crippen LogP contribution in [0, 0.1) is 23.7 Å². The van der Waals surface area contributed by atoms with Crippen LogP contribution in [0.3, 0.4) is 0 Å². The number of ether oxygens (including phenoxy) is 2. The molecule has 0 spiro atoms. The largest absolute Gasteiger partial charge is 0.466 e. The second-order valence-corrected chi connectivity index (χ2v) is 4.87. The zero-order valence-electron chi connectivity index (χ0n) is 10.5. The summed E-state index contributed by atoms with van der Waals surface area (Å²) in [5, 5.41) is 0. The minimum absolute atomic E-state index is 0.0585. The third-order valence-electron chi connectivity index (χ3n) is 3.94. The van der Waals surface area contributed by atoms with Crippen LogP contribution in [0.1, 0.15) is 33.1 Å². The predicted molar refractivity (Wildman–Crippen MR) is 61.1 cm³/mol. The Morgan fingerprint density at radius 2 is 1.82 bits per heavy atom. The summed E-state index contributed by atoms with van der Waals surface area (Å²) in [6.45, 7) is 4.51. The maximum Gasteiger partial charge on any atom is 0.309 e. The van der Waals surface area contributed by atoms with Crippen LogP contribution in [0.5, 0.6) is 0 Å². The second kappa shape index (κ2) is 5.07. The zero-order valence-corrected chi connectivity index (χ0v) is 10.5. The highest BCUT2D eigenvalue weighted by molar-refractivity contribution is 5.77. The first kappa shape index (κ1) is 12.4. The van der Waals surface area contributed by atoms with Crippen LogP contribution in [0.25, 0.3) is 0 Å². The highest BCUT2D eigenvalue weighted by Crippen LogP contribution is 2.61. The number of carbonyl (C=O) groups is 2. The summed E-state index contributed by atoms with van der Waals surface area (Å²) in [5.41, 5.74) is 0. The molecule has 2 rings (SSSR count). The van der Waals surface area contributed by atoms with Crippen LogP contribution in [-0.2, 0) is 19.1 Å². The average Bonchev–Trinajstić information content (AvgIpc) is 2.88. The van der Waals surface area contributed by atoms with Gasteiger partial charge in [-0.3, -0.25) is 9.59 Å². The molecular formula is C13H20O4. The van der Waals surface area contributed by atoms with E-state index in [2.05, 4.69) is 0 Å². The van der Waals surface area contributed by atoms with Gasteiger partial charge in [0, 0.05) is 6.42 Å². The van der Waals surface area contributed by atoms with Crippen molar-refractivity contribution in [3.05, 3.63) is 0 Å². The summed E-state index contributed by atoms with van der Waals surface area (Å²) in [6, 6.07) is 0. The normalized spacial score (nSPS) is 34.0. The van der Waals surface area contributed by atoms with E-state index in [0.717, 1.165) is 12.8 Å². The molecule has 0 amide bonds. The van der Waals surface area contributed by atoms with Crippen LogP contribution in [0.4, 0.5) is 0 Å². The summed E-state index contributed by atoms with van der Waals surface area (Å²) in [7, 11) is 0. The van der Waals surface area contributed by atoms with Gasteiger partial charge < -0.3 is 9.47 Å². The predicted octanol–water partition coefficient (Wildman–Crippen LogP) is 1.77. The number of rotatable bonds is 5. The van der Waals surface area contributed by atoms with Crippen LogP contribution in [0.2, 0.25) is 0 Å². The Bertz CT molecular complexity index is 313. The number of fused-ring (bicyclic) bond motifs is 1. The Morgan fingerprint density at radius 1 is 1.12 bits per heavy atom. The first-order valence-corrected chi connectivity index (χ1v) is 6.51. The van der Waals surface area contributed by atoms with E-state index in [1.165, 1.54) is 0 Å². The van der Waals surface area contributed by atoms with Crippen molar-refractivity contribution in [2.75, 3.05) is 13.2 Å². The average molecular weight is 240 g/mol. The Labute approximate surface area is 102 Å². The Kier molecular flexibility index (Phi) is 3.69. The van der Waals surface area contributed by atoms with Gasteiger partial charge in [-0.05, 0) is 44.4 Å². The van der Waals surface area contributed by atoms with Crippen molar-refractivity contribution in [1.29, 1.82) is 0 Å². The lowest BCUT2D eigenvalue weighted by atomic mass is 9.96. The Morgan fingerprint density at radius 3 is 2.47 bits per heavy atom. The van der Waals surface area contributed by atoms with Crippen molar-refractivity contribution in [2.45, 2.75) is 33.1 Å². The van der Waals surface area contributed by atoms with E-state index in [1.54, 1.807) is 0 Å². The fourth-order valence-electron chi connectivity index (χ4n) is 3.26. The summed E-state index contributed by atoms with van der Waals surface area (Å²) in [6.07, 6.45) is 2.56. The van der Waals surface area contributed by atoms with Gasteiger partial charge in [0.25, 0.3) is 0 Å². The molecule has 0 heterocycles. The van der Waals surface area contributed by atoms with Crippen molar-refractivity contribution in [3.8, 4) is 0 Å². The van der Waals surface area contributed by atoms with E-state index in [4.69, 9.17) is 9.47 Å². The van der Waals surface area contributed by atoms with E-state index in [1.807, 2.05) is 13.8 Å². The molecule has 4 nitrogen and oxygen atoms in total. The van der Waals surface area contributed by atoms with Gasteiger partial charge in [0.05, 0.1) is 19.1 Å². The van der Waals surface area contributed by atoms with Gasteiger partial charge in [-0.1, -0.05) is 0 Å². The molecule has 0 bridgehead atoms. The molecule has 2 saturated carbocycles. The van der Waals surface area contributed by atoms with Gasteiger partial charge in [-0.2, -0.15) is 0 Å². The van der Waals surface area contributed by atoms with E-state index < -0.39 is 0 Å². The molecule has 0 aliphatic heterocycles. The van der Waals surface area contributed by atoms with Gasteiger partial charge in [-0.25, -0.2) is 0 Å². The molecule has 0 aromatic heterocycles. The Balaban J connectivity index is 1.83. The van der Waals surface area contributed by atoms with Crippen LogP contribution < -0.4 is 0 Å². The minimum Gasteiger partial charge on any atom is -0.466 e. The topological polar surface area (TPSA) is 52.6 Å². The molecule has 2 aliphatic carbocycles. The minimum atomic E-state index is -0.132. The van der Waals surface area contributed by atoms with Gasteiger partial charge in [0.2, 0.25) is 0 Å². The molecule has 2 aliphatic rings. The van der Waals surface area contributed by atoms with Gasteiger partial charge in [-0.15, -0.1) is 0 Å². The fraction of sp³-hybridized carbons (Fsp3) is 0.846. The highest BCUT2D eigenvalue weighted by atomic mass is 16.5. The molecule has 4 atom stereocenters. The first-order chi connectivity index (χ1) is 8.19. The standard InChI is InChI=1S/C13H20O4/c1-3-16-10(14)7-8-5-6-9-11(8)12(9)13(15)17-4-2/h8-9,11-12H,3-7H2,1-2H3. The quantitative estimate of drug-likeness (QED) is 0.687. The lowest BCUT2D eigenvalue weighted by molar-refractivity contribution is -0.147. The van der Waals surface area contributed by atoms with Crippen molar-refractivity contribution >= 4 is 11.9 Å². The summed E-state index contributed by atoms with van der Waals surface area (Å²) < 4.78 is 10.0. The summed E-state index contributed by atoms with van der Waals surface area (Å²) >= 11 is 0. The van der Waals surface area contributed by atoms with Crippen molar-refractivity contribution in [2.24, 2.45) is 23.7 Å². The molecule has 96 valence electrons. The third kappa shape index (κ3) is 2.45. The molecular weight excluding hydrogens is 220 g/mol. The number of hydrogen-bond donors (Lipinski definition) is 0. The molecule has 2 fully saturated rings. The smallest absolute Gasteiger partial charge is 0.309 e. The maximum atomic E-state index is 11.6. The number of esters is 2. The molecule has 0 aromatic rings. The SMILES string of the molecule is CCOC(=O)CC1CCC2C(C(=O)OCC)C12. The van der Waals surface area contributed by atoms with Gasteiger partial charge >= 0.3 is 11.9 Å². The van der Waals surface area contributed by atoms with Crippen LogP contribution in [-0.4, -0.2) is 25.2 Å². The van der Waals surface area contributed by atoms with Gasteiger partial charge in [0.1, 0.15) is 0 Å². The molecule has 4 heteroatoms. The van der Waals surface area contributed by atoms with E-state index in [9.17, 15) is 9.59 Å². The highest BCUT2D eigenvalue weighted by Gasteiger charge is 2.62. The third-order valence-corrected chi connectivity index (χ3v) is 3.94. The monoisotopic (exact) mass is 240 g/mol. The van der Waals surface area contributed by atoms with E-state index in [0.29, 0.717) is 37.4 Å². The molecule has 0 radical (unpaired) electrons. The van der Waals surface area contributed by atoms with E-state index >= 15 is 0 Å². The lowest BCUT2D eigenvalue weighted by Gasteiger charge is -2.12. The summed E-state index contributed by atoms with van der Waals surface area (Å²) in [5.74, 6) is 1.02. The zero-order chi connectivity index (χ0) is 12.4. The van der Waals surface area contributed by atoms with Crippen LogP contribution >= 0.6 is 0 Å². The Hall–Kier alpha value is -1.06. The van der Waals surface area contributed by atoms with Crippen LogP contribution in [0.15, 0.2) is 0 Å². The van der Waals surface area contributed by atoms with Crippen molar-refractivity contribution in [1.82, 2.24) is 0 Å². The molecule has 0 saturated heterocycles. The lowest BCUT2D eigenvalue weighted by Crippen LogP contribution is -2.16. The maximum absolute atomic E-state index is 11.6.